The monoisotopic (exact) mass is 462 g/mol. The first-order valence-corrected chi connectivity index (χ1v) is 9.77. The molecule has 0 fully saturated rings. The van der Waals surface area contributed by atoms with Gasteiger partial charge in [-0.25, -0.2) is 4.79 Å². The first-order chi connectivity index (χ1) is 14.4. The molecule has 0 saturated heterocycles. The average Bonchev–Trinajstić information content (AvgIpc) is 2.72. The first kappa shape index (κ1) is 20.4. The van der Waals surface area contributed by atoms with Crippen LogP contribution in [0.2, 0.25) is 15.1 Å². The van der Waals surface area contributed by atoms with Crippen molar-refractivity contribution in [3.05, 3.63) is 80.1 Å². The summed E-state index contributed by atoms with van der Waals surface area (Å²) >= 11 is 18.3. The molecule has 1 aromatic heterocycles. The standard InChI is InChI=1S/C22H13Cl3O5/c1-28-13-6-7-14-18(8-13)30-22(27)21(20(14)11-2-4-12(26)5-3-11)29-19-10-16(24)15(23)9-17(19)25/h2-10,26H,1H3. The molecule has 0 bridgehead atoms. The molecular formula is C22H13Cl3O5. The minimum Gasteiger partial charge on any atom is -0.508 e. The Morgan fingerprint density at radius 2 is 1.60 bits per heavy atom. The number of hydrogen-bond donors (Lipinski definition) is 1. The van der Waals surface area contributed by atoms with Crippen LogP contribution < -0.4 is 15.1 Å². The van der Waals surface area contributed by atoms with Crippen molar-refractivity contribution in [3.8, 4) is 34.1 Å². The topological polar surface area (TPSA) is 68.9 Å². The molecule has 4 rings (SSSR count). The van der Waals surface area contributed by atoms with E-state index in [4.69, 9.17) is 48.7 Å². The van der Waals surface area contributed by atoms with Gasteiger partial charge in [-0.05, 0) is 35.9 Å². The van der Waals surface area contributed by atoms with Crippen LogP contribution in [0, 0.1) is 0 Å². The smallest absolute Gasteiger partial charge is 0.380 e. The van der Waals surface area contributed by atoms with Crippen LogP contribution in [0.25, 0.3) is 22.1 Å². The molecule has 0 radical (unpaired) electrons. The van der Waals surface area contributed by atoms with Gasteiger partial charge < -0.3 is 19.0 Å². The second kappa shape index (κ2) is 8.11. The van der Waals surface area contributed by atoms with E-state index in [2.05, 4.69) is 0 Å². The fourth-order valence-electron chi connectivity index (χ4n) is 2.99. The van der Waals surface area contributed by atoms with Gasteiger partial charge >= 0.3 is 5.63 Å². The zero-order chi connectivity index (χ0) is 21.4. The lowest BCUT2D eigenvalue weighted by molar-refractivity contribution is 0.412. The number of ether oxygens (including phenoxy) is 2. The quantitative estimate of drug-likeness (QED) is 0.262. The summed E-state index contributed by atoms with van der Waals surface area (Å²) < 4.78 is 16.6. The minimum absolute atomic E-state index is 0.0846. The van der Waals surface area contributed by atoms with Gasteiger partial charge in [-0.3, -0.25) is 0 Å². The summed E-state index contributed by atoms with van der Waals surface area (Å²) in [5, 5.41) is 10.9. The lowest BCUT2D eigenvalue weighted by atomic mass is 10.0. The van der Waals surface area contributed by atoms with E-state index in [1.807, 2.05) is 0 Å². The van der Waals surface area contributed by atoms with Crippen molar-refractivity contribution in [2.24, 2.45) is 0 Å². The summed E-state index contributed by atoms with van der Waals surface area (Å²) in [7, 11) is 1.52. The van der Waals surface area contributed by atoms with Crippen LogP contribution in [-0.2, 0) is 0 Å². The maximum Gasteiger partial charge on any atom is 0.380 e. The Bertz CT molecular complexity index is 1310. The summed E-state index contributed by atoms with van der Waals surface area (Å²) in [6, 6.07) is 14.3. The van der Waals surface area contributed by atoms with Gasteiger partial charge in [0.2, 0.25) is 5.75 Å². The molecule has 4 aromatic rings. The zero-order valence-electron chi connectivity index (χ0n) is 15.4. The van der Waals surface area contributed by atoms with Crippen molar-refractivity contribution >= 4 is 45.8 Å². The van der Waals surface area contributed by atoms with E-state index >= 15 is 0 Å². The van der Waals surface area contributed by atoms with E-state index in [1.54, 1.807) is 30.3 Å². The van der Waals surface area contributed by atoms with Crippen LogP contribution in [0.4, 0.5) is 0 Å². The van der Waals surface area contributed by atoms with E-state index in [0.717, 1.165) is 0 Å². The zero-order valence-corrected chi connectivity index (χ0v) is 17.7. The third kappa shape index (κ3) is 3.79. The third-order valence-electron chi connectivity index (χ3n) is 4.42. The van der Waals surface area contributed by atoms with Gasteiger partial charge in [0.05, 0.1) is 22.2 Å². The number of aromatic hydroxyl groups is 1. The summed E-state index contributed by atoms with van der Waals surface area (Å²) in [4.78, 5) is 12.9. The molecule has 0 spiro atoms. The van der Waals surface area contributed by atoms with Crippen LogP contribution in [-0.4, -0.2) is 12.2 Å². The number of hydrogen-bond acceptors (Lipinski definition) is 5. The van der Waals surface area contributed by atoms with E-state index in [9.17, 15) is 9.90 Å². The number of halogens is 3. The van der Waals surface area contributed by atoms with Crippen LogP contribution in [0.5, 0.6) is 23.0 Å². The maximum atomic E-state index is 12.9. The van der Waals surface area contributed by atoms with Crippen LogP contribution in [0.1, 0.15) is 0 Å². The van der Waals surface area contributed by atoms with Gasteiger partial charge in [-0.2, -0.15) is 0 Å². The molecule has 3 aromatic carbocycles. The largest absolute Gasteiger partial charge is 0.508 e. The van der Waals surface area contributed by atoms with Crippen molar-refractivity contribution in [3.63, 3.8) is 0 Å². The lowest BCUT2D eigenvalue weighted by Crippen LogP contribution is -2.06. The second-order valence-corrected chi connectivity index (χ2v) is 7.52. The number of rotatable bonds is 4. The summed E-state index contributed by atoms with van der Waals surface area (Å²) in [6.45, 7) is 0. The Morgan fingerprint density at radius 3 is 2.30 bits per heavy atom. The van der Waals surface area contributed by atoms with E-state index in [1.165, 1.54) is 31.4 Å². The normalized spacial score (nSPS) is 10.9. The molecule has 30 heavy (non-hydrogen) atoms. The summed E-state index contributed by atoms with van der Waals surface area (Å²) in [5.74, 6) is 0.677. The Balaban J connectivity index is 2.00. The molecule has 0 aliphatic rings. The summed E-state index contributed by atoms with van der Waals surface area (Å²) in [6.07, 6.45) is 0. The average molecular weight is 464 g/mol. The van der Waals surface area contributed by atoms with Crippen molar-refractivity contribution in [2.75, 3.05) is 7.11 Å². The van der Waals surface area contributed by atoms with Crippen LogP contribution in [0.3, 0.4) is 0 Å². The molecular weight excluding hydrogens is 451 g/mol. The van der Waals surface area contributed by atoms with Gasteiger partial charge in [0.15, 0.2) is 0 Å². The number of methoxy groups -OCH3 is 1. The number of phenols is 1. The van der Waals surface area contributed by atoms with Gasteiger partial charge in [0.1, 0.15) is 22.8 Å². The van der Waals surface area contributed by atoms with Crippen molar-refractivity contribution in [1.29, 1.82) is 0 Å². The fraction of sp³-hybridized carbons (Fsp3) is 0.0455. The summed E-state index contributed by atoms with van der Waals surface area (Å²) in [5.41, 5.74) is 0.684. The lowest BCUT2D eigenvalue weighted by Gasteiger charge is -2.14. The van der Waals surface area contributed by atoms with E-state index < -0.39 is 5.63 Å². The Morgan fingerprint density at radius 1 is 0.900 bits per heavy atom. The van der Waals surface area contributed by atoms with Crippen molar-refractivity contribution in [1.82, 2.24) is 0 Å². The van der Waals surface area contributed by atoms with Gasteiger partial charge in [0.25, 0.3) is 0 Å². The second-order valence-electron chi connectivity index (χ2n) is 6.30. The molecule has 152 valence electrons. The molecule has 0 unspecified atom stereocenters. The number of fused-ring (bicyclic) bond motifs is 1. The van der Waals surface area contributed by atoms with E-state index in [-0.39, 0.29) is 32.3 Å². The van der Waals surface area contributed by atoms with Crippen molar-refractivity contribution < 1.29 is 19.0 Å². The molecule has 1 heterocycles. The molecule has 1 N–H and O–H groups in total. The van der Waals surface area contributed by atoms with Crippen molar-refractivity contribution in [2.45, 2.75) is 0 Å². The SMILES string of the molecule is COc1ccc2c(-c3ccc(O)cc3)c(Oc3cc(Cl)c(Cl)cc3Cl)c(=O)oc2c1. The van der Waals surface area contributed by atoms with Gasteiger partial charge in [0, 0.05) is 23.1 Å². The molecule has 0 atom stereocenters. The first-order valence-electron chi connectivity index (χ1n) is 8.64. The fourth-order valence-corrected chi connectivity index (χ4v) is 3.57. The number of phenolic OH excluding ortho intramolecular Hbond substituents is 1. The van der Waals surface area contributed by atoms with Crippen LogP contribution in [0.15, 0.2) is 63.8 Å². The molecule has 0 amide bonds. The molecule has 0 aliphatic carbocycles. The Hall–Kier alpha value is -2.86. The molecule has 0 saturated carbocycles. The predicted molar refractivity (Wildman–Crippen MR) is 118 cm³/mol. The highest BCUT2D eigenvalue weighted by Crippen LogP contribution is 2.41. The minimum atomic E-state index is -0.721. The third-order valence-corrected chi connectivity index (χ3v) is 5.43. The molecule has 5 nitrogen and oxygen atoms in total. The Kier molecular flexibility index (Phi) is 5.52. The van der Waals surface area contributed by atoms with Gasteiger partial charge in [-0.15, -0.1) is 0 Å². The highest BCUT2D eigenvalue weighted by molar-refractivity contribution is 6.43. The number of benzene rings is 3. The van der Waals surface area contributed by atoms with Gasteiger partial charge in [-0.1, -0.05) is 46.9 Å². The molecule has 8 heteroatoms. The van der Waals surface area contributed by atoms with Crippen LogP contribution >= 0.6 is 34.8 Å². The van der Waals surface area contributed by atoms with E-state index in [0.29, 0.717) is 27.8 Å². The predicted octanol–water partition coefficient (Wildman–Crippen LogP) is 6.93. The molecule has 0 aliphatic heterocycles. The maximum absolute atomic E-state index is 12.9. The highest BCUT2D eigenvalue weighted by Gasteiger charge is 2.21. The Labute approximate surface area is 185 Å². The highest BCUT2D eigenvalue weighted by atomic mass is 35.5.